The highest BCUT2D eigenvalue weighted by molar-refractivity contribution is 5.99. The van der Waals surface area contributed by atoms with Crippen molar-refractivity contribution in [2.75, 3.05) is 11.4 Å². The van der Waals surface area contributed by atoms with Gasteiger partial charge in [0, 0.05) is 12.3 Å². The van der Waals surface area contributed by atoms with Crippen LogP contribution in [0.1, 0.15) is 30.1 Å². The van der Waals surface area contributed by atoms with Crippen molar-refractivity contribution >= 4 is 28.7 Å². The van der Waals surface area contributed by atoms with Gasteiger partial charge in [-0.1, -0.05) is 6.92 Å². The molecular weight excluding hydrogens is 517 g/mol. The molecule has 200 valence electrons. The Hall–Kier alpha value is -3.94. The van der Waals surface area contributed by atoms with Crippen LogP contribution in [-0.4, -0.2) is 56.3 Å². The molecule has 1 saturated heterocycles. The maximum atomic E-state index is 14.8. The Morgan fingerprint density at radius 3 is 2.50 bits per heavy atom. The van der Waals surface area contributed by atoms with Gasteiger partial charge in [-0.2, -0.15) is 13.2 Å². The van der Waals surface area contributed by atoms with Gasteiger partial charge in [-0.05, 0) is 30.9 Å². The van der Waals surface area contributed by atoms with E-state index < -0.39 is 70.4 Å². The van der Waals surface area contributed by atoms with Gasteiger partial charge >= 0.3 is 6.18 Å². The number of carbonyl (C=O) groups is 2. The maximum absolute atomic E-state index is 14.8. The molecule has 2 N–H and O–H groups in total. The van der Waals surface area contributed by atoms with E-state index in [0.29, 0.717) is 12.3 Å². The fourth-order valence-corrected chi connectivity index (χ4v) is 4.42. The Kier molecular flexibility index (Phi) is 6.16. The van der Waals surface area contributed by atoms with Gasteiger partial charge in [-0.15, -0.1) is 0 Å². The molecule has 0 bridgehead atoms. The minimum atomic E-state index is -4.75. The lowest BCUT2D eigenvalue weighted by Gasteiger charge is -2.22. The number of carbonyl (C=O) groups excluding carboxylic acids is 2. The summed E-state index contributed by atoms with van der Waals surface area (Å²) in [6.07, 6.45) is -3.78. The van der Waals surface area contributed by atoms with Crippen molar-refractivity contribution < 1.29 is 36.6 Å². The van der Waals surface area contributed by atoms with Crippen LogP contribution < -0.4 is 15.6 Å². The molecule has 5 rings (SSSR count). The third kappa shape index (κ3) is 4.48. The predicted molar refractivity (Wildman–Crippen MR) is 123 cm³/mol. The second-order valence-electron chi connectivity index (χ2n) is 9.38. The van der Waals surface area contributed by atoms with Crippen molar-refractivity contribution in [1.29, 1.82) is 0 Å². The number of aliphatic hydroxyl groups is 1. The van der Waals surface area contributed by atoms with Crippen LogP contribution in [0.25, 0.3) is 16.9 Å². The van der Waals surface area contributed by atoms with Gasteiger partial charge < -0.3 is 10.4 Å². The van der Waals surface area contributed by atoms with Crippen LogP contribution >= 0.6 is 0 Å². The van der Waals surface area contributed by atoms with Gasteiger partial charge in [0.1, 0.15) is 23.2 Å². The number of aliphatic hydroxyl groups excluding tert-OH is 1. The molecule has 14 heteroatoms. The van der Waals surface area contributed by atoms with Gasteiger partial charge in [-0.3, -0.25) is 23.9 Å². The van der Waals surface area contributed by atoms with Crippen molar-refractivity contribution in [2.45, 2.75) is 38.1 Å². The normalized spacial score (nSPS) is 20.7. The summed E-state index contributed by atoms with van der Waals surface area (Å²) in [6, 6.07) is 0.758. The highest BCUT2D eigenvalue weighted by atomic mass is 19.4. The highest BCUT2D eigenvalue weighted by Gasteiger charge is 2.50. The molecule has 3 atom stereocenters. The van der Waals surface area contributed by atoms with E-state index in [0.717, 1.165) is 15.7 Å². The number of anilines is 1. The minimum Gasteiger partial charge on any atom is -0.390 e. The Balaban J connectivity index is 1.67. The summed E-state index contributed by atoms with van der Waals surface area (Å²) < 4.78 is 69.7. The van der Waals surface area contributed by atoms with Crippen LogP contribution in [0.3, 0.4) is 0 Å². The van der Waals surface area contributed by atoms with E-state index in [1.54, 1.807) is 0 Å². The summed E-state index contributed by atoms with van der Waals surface area (Å²) >= 11 is 0. The lowest BCUT2D eigenvalue weighted by molar-refractivity contribution is -0.158. The summed E-state index contributed by atoms with van der Waals surface area (Å²) in [4.78, 5) is 47.8. The smallest absolute Gasteiger partial charge is 0.390 e. The number of alkyl halides is 3. The number of rotatable bonds is 5. The topological polar surface area (TPSA) is 117 Å². The molecule has 2 aliphatic rings. The van der Waals surface area contributed by atoms with Crippen molar-refractivity contribution in [2.24, 2.45) is 11.8 Å². The van der Waals surface area contributed by atoms with E-state index in [9.17, 15) is 41.4 Å². The molecule has 1 aliphatic heterocycles. The zero-order chi connectivity index (χ0) is 27.5. The van der Waals surface area contributed by atoms with Gasteiger partial charge in [-0.25, -0.2) is 18.7 Å². The number of aromatic nitrogens is 3. The van der Waals surface area contributed by atoms with E-state index in [1.165, 1.54) is 19.1 Å². The predicted octanol–water partition coefficient (Wildman–Crippen LogP) is 2.47. The molecule has 3 aromatic heterocycles. The molecule has 1 saturated carbocycles. The van der Waals surface area contributed by atoms with Crippen molar-refractivity contribution in [1.82, 2.24) is 19.9 Å². The minimum absolute atomic E-state index is 0.00959. The number of hydrogen-bond donors (Lipinski definition) is 2. The molecule has 9 nitrogen and oxygen atoms in total. The molecule has 4 heterocycles. The lowest BCUT2D eigenvalue weighted by atomic mass is 10.1. The average Bonchev–Trinajstić information content (AvgIpc) is 3.65. The van der Waals surface area contributed by atoms with Crippen molar-refractivity contribution in [3.8, 4) is 5.82 Å². The van der Waals surface area contributed by atoms with E-state index in [4.69, 9.17) is 0 Å². The monoisotopic (exact) mass is 537 g/mol. The molecule has 0 aromatic carbocycles. The van der Waals surface area contributed by atoms with Crippen LogP contribution in [0.5, 0.6) is 0 Å². The van der Waals surface area contributed by atoms with E-state index >= 15 is 0 Å². The van der Waals surface area contributed by atoms with Gasteiger partial charge in [0.05, 0.1) is 30.1 Å². The molecule has 1 aliphatic carbocycles. The van der Waals surface area contributed by atoms with Crippen LogP contribution in [0.2, 0.25) is 0 Å². The number of pyridine rings is 3. The highest BCUT2D eigenvalue weighted by Crippen LogP contribution is 2.40. The number of nitrogens with one attached hydrogen (secondary N) is 1. The first-order chi connectivity index (χ1) is 17.9. The lowest BCUT2D eigenvalue weighted by Crippen LogP contribution is -2.48. The van der Waals surface area contributed by atoms with Crippen LogP contribution in [-0.2, 0) is 4.79 Å². The zero-order valence-corrected chi connectivity index (χ0v) is 19.7. The largest absolute Gasteiger partial charge is 0.408 e. The van der Waals surface area contributed by atoms with E-state index in [1.807, 2.05) is 5.32 Å². The fourth-order valence-electron chi connectivity index (χ4n) is 4.42. The zero-order valence-electron chi connectivity index (χ0n) is 19.7. The van der Waals surface area contributed by atoms with Gasteiger partial charge in [0.25, 0.3) is 5.91 Å². The first-order valence-corrected chi connectivity index (χ1v) is 11.6. The van der Waals surface area contributed by atoms with E-state index in [-0.39, 0.29) is 36.2 Å². The quantitative estimate of drug-likeness (QED) is 0.483. The number of fused-ring (bicyclic) bond motifs is 1. The number of halogens is 5. The van der Waals surface area contributed by atoms with Crippen LogP contribution in [0, 0.1) is 23.5 Å². The first kappa shape index (κ1) is 25.7. The number of hydrogen-bond acceptors (Lipinski definition) is 6. The Labute approximate surface area is 210 Å². The summed E-state index contributed by atoms with van der Waals surface area (Å²) in [5.74, 6) is -6.18. The average molecular weight is 537 g/mol. The SMILES string of the molecule is CC1C(=O)N(c2ccc3c(=O)c(C(=O)N[C@@H](C4CC4)C(F)(F)F)cn(-c4ncc(F)cc4F)c3n2)CC1O. The first-order valence-electron chi connectivity index (χ1n) is 11.6. The number of β-amino-alcohol motifs (C(OH)–C–C–N with tert-alkyl or cyclic N) is 1. The Bertz CT molecular complexity index is 1520. The van der Waals surface area contributed by atoms with Crippen LogP contribution in [0.4, 0.5) is 27.8 Å². The molecule has 2 fully saturated rings. The summed E-state index contributed by atoms with van der Waals surface area (Å²) in [7, 11) is 0. The molecule has 2 amide bonds. The third-order valence-electron chi connectivity index (χ3n) is 6.71. The summed E-state index contributed by atoms with van der Waals surface area (Å²) in [6.45, 7) is 1.41. The summed E-state index contributed by atoms with van der Waals surface area (Å²) in [5.41, 5.74) is -2.03. The second-order valence-corrected chi connectivity index (χ2v) is 9.38. The molecule has 3 aromatic rings. The molecule has 2 unspecified atom stereocenters. The third-order valence-corrected chi connectivity index (χ3v) is 6.71. The second kappa shape index (κ2) is 9.11. The standard InChI is InChI=1S/C24H20F5N5O4/c1-10-16(35)9-33(23(10)38)17-5-4-13-18(36)14(22(37)32-19(11-2-3-11)24(27,28)29)8-34(20(13)31-17)21-15(26)6-12(25)7-30-21/h4-8,10-11,16,19,35H,2-3,9H2,1H3,(H,32,37)/t10?,16?,19-/m0/s1. The molecule has 38 heavy (non-hydrogen) atoms. The molecule has 0 spiro atoms. The van der Waals surface area contributed by atoms with Crippen molar-refractivity contribution in [3.63, 3.8) is 0 Å². The van der Waals surface area contributed by atoms with E-state index in [2.05, 4.69) is 9.97 Å². The van der Waals surface area contributed by atoms with Gasteiger partial charge in [0.2, 0.25) is 11.3 Å². The number of amides is 2. The maximum Gasteiger partial charge on any atom is 0.408 e. The molecular formula is C24H20F5N5O4. The summed E-state index contributed by atoms with van der Waals surface area (Å²) in [5, 5.41) is 11.6. The molecule has 0 radical (unpaired) electrons. The van der Waals surface area contributed by atoms with Crippen LogP contribution in [0.15, 0.2) is 35.4 Å². The van der Waals surface area contributed by atoms with Gasteiger partial charge in [0.15, 0.2) is 17.3 Å². The fraction of sp³-hybridized carbons (Fsp3) is 0.375. The Morgan fingerprint density at radius 2 is 1.92 bits per heavy atom. The number of nitrogens with zero attached hydrogens (tertiary/aromatic N) is 4. The van der Waals surface area contributed by atoms with Crippen molar-refractivity contribution in [3.05, 3.63) is 58.0 Å². The Morgan fingerprint density at radius 1 is 1.21 bits per heavy atom.